The van der Waals surface area contributed by atoms with Crippen LogP contribution in [0.25, 0.3) is 0 Å². The number of aliphatic hydroxyl groups is 1. The number of aromatic carboxylic acids is 1. The Morgan fingerprint density at radius 3 is 2.60 bits per heavy atom. The Labute approximate surface area is 117 Å². The predicted octanol–water partition coefficient (Wildman–Crippen LogP) is 0.406. The van der Waals surface area contributed by atoms with Gasteiger partial charge in [0, 0.05) is 12.6 Å². The van der Waals surface area contributed by atoms with Gasteiger partial charge in [-0.1, -0.05) is 0 Å². The van der Waals surface area contributed by atoms with Gasteiger partial charge in [0.1, 0.15) is 4.90 Å². The molecular formula is C12H18N2O5S. The molecule has 0 aliphatic heterocycles. The third-order valence-corrected chi connectivity index (χ3v) is 4.36. The molecule has 7 nitrogen and oxygen atoms in total. The number of nitrogens with one attached hydrogen (secondary N) is 1. The summed E-state index contributed by atoms with van der Waals surface area (Å²) in [5, 5.41) is 17.5. The molecule has 0 aliphatic rings. The Bertz CT molecular complexity index is 586. The smallest absolute Gasteiger partial charge is 0.335 e. The van der Waals surface area contributed by atoms with Crippen LogP contribution in [-0.4, -0.2) is 37.2 Å². The molecule has 1 atom stereocenters. The van der Waals surface area contributed by atoms with Crippen molar-refractivity contribution in [1.29, 1.82) is 0 Å². The summed E-state index contributed by atoms with van der Waals surface area (Å²) in [6.45, 7) is 1.66. The number of aliphatic hydroxyl groups excluding tert-OH is 1. The minimum atomic E-state index is -3.81. The molecule has 0 radical (unpaired) electrons. The Morgan fingerprint density at radius 2 is 2.10 bits per heavy atom. The number of nitrogens with two attached hydrogens (primary N) is 1. The first-order valence-electron chi connectivity index (χ1n) is 6.04. The molecule has 0 amide bonds. The fourth-order valence-corrected chi connectivity index (χ4v) is 3.10. The number of nitrogen functional groups attached to an aromatic ring is 1. The zero-order chi connectivity index (χ0) is 15.3. The normalized spacial score (nSPS) is 13.1. The van der Waals surface area contributed by atoms with Crippen LogP contribution in [-0.2, 0) is 10.0 Å². The molecule has 20 heavy (non-hydrogen) atoms. The van der Waals surface area contributed by atoms with E-state index >= 15 is 0 Å². The molecular weight excluding hydrogens is 284 g/mol. The van der Waals surface area contributed by atoms with Crippen molar-refractivity contribution in [2.45, 2.75) is 30.7 Å². The first kappa shape index (κ1) is 16.4. The number of carboxylic acid groups (broad SMARTS) is 1. The monoisotopic (exact) mass is 302 g/mol. The van der Waals surface area contributed by atoms with Crippen molar-refractivity contribution in [3.8, 4) is 0 Å². The summed E-state index contributed by atoms with van der Waals surface area (Å²) in [7, 11) is -3.81. The van der Waals surface area contributed by atoms with E-state index in [4.69, 9.17) is 15.9 Å². The lowest BCUT2D eigenvalue weighted by molar-refractivity contribution is 0.0697. The molecule has 5 N–H and O–H groups in total. The van der Waals surface area contributed by atoms with Crippen LogP contribution >= 0.6 is 0 Å². The van der Waals surface area contributed by atoms with Crippen molar-refractivity contribution < 1.29 is 23.4 Å². The van der Waals surface area contributed by atoms with Gasteiger partial charge >= 0.3 is 5.97 Å². The topological polar surface area (TPSA) is 130 Å². The van der Waals surface area contributed by atoms with E-state index in [1.807, 2.05) is 0 Å². The fourth-order valence-electron chi connectivity index (χ4n) is 1.71. The van der Waals surface area contributed by atoms with Crippen molar-refractivity contribution in [2.24, 2.45) is 0 Å². The van der Waals surface area contributed by atoms with E-state index in [-0.39, 0.29) is 28.8 Å². The quantitative estimate of drug-likeness (QED) is 0.540. The summed E-state index contributed by atoms with van der Waals surface area (Å²) < 4.78 is 26.6. The predicted molar refractivity (Wildman–Crippen MR) is 73.9 cm³/mol. The van der Waals surface area contributed by atoms with E-state index in [2.05, 4.69) is 4.72 Å². The van der Waals surface area contributed by atoms with E-state index < -0.39 is 16.0 Å². The second kappa shape index (κ2) is 6.69. The van der Waals surface area contributed by atoms with E-state index in [9.17, 15) is 13.2 Å². The number of rotatable bonds is 7. The Hall–Kier alpha value is -1.64. The highest BCUT2D eigenvalue weighted by atomic mass is 32.2. The summed E-state index contributed by atoms with van der Waals surface area (Å²) in [6.07, 6.45) is 0.972. The van der Waals surface area contributed by atoms with E-state index in [1.54, 1.807) is 6.92 Å². The summed E-state index contributed by atoms with van der Waals surface area (Å²) in [5.74, 6) is -1.18. The average Bonchev–Trinajstić information content (AvgIpc) is 2.35. The first-order valence-corrected chi connectivity index (χ1v) is 7.52. The molecule has 0 saturated carbocycles. The molecule has 1 aromatic carbocycles. The van der Waals surface area contributed by atoms with Gasteiger partial charge < -0.3 is 15.9 Å². The number of hydrogen-bond donors (Lipinski definition) is 4. The maximum atomic E-state index is 12.1. The number of carbonyl (C=O) groups is 1. The molecule has 0 bridgehead atoms. The van der Waals surface area contributed by atoms with Gasteiger partial charge in [-0.15, -0.1) is 0 Å². The van der Waals surface area contributed by atoms with E-state index in [1.165, 1.54) is 12.1 Å². The summed E-state index contributed by atoms with van der Waals surface area (Å²) in [4.78, 5) is 10.6. The van der Waals surface area contributed by atoms with Crippen molar-refractivity contribution in [1.82, 2.24) is 4.72 Å². The van der Waals surface area contributed by atoms with Gasteiger partial charge in [-0.25, -0.2) is 17.9 Å². The fraction of sp³-hybridized carbons (Fsp3) is 0.417. The molecule has 0 fully saturated rings. The maximum Gasteiger partial charge on any atom is 0.335 e. The molecule has 112 valence electrons. The van der Waals surface area contributed by atoms with Gasteiger partial charge in [0.15, 0.2) is 0 Å². The van der Waals surface area contributed by atoms with Crippen LogP contribution in [0.3, 0.4) is 0 Å². The summed E-state index contributed by atoms with van der Waals surface area (Å²) in [5.41, 5.74) is 5.41. The molecule has 0 aliphatic carbocycles. The second-order valence-electron chi connectivity index (χ2n) is 4.45. The molecule has 1 aromatic rings. The number of benzene rings is 1. The van der Waals surface area contributed by atoms with Crippen LogP contribution in [0.15, 0.2) is 23.1 Å². The largest absolute Gasteiger partial charge is 0.478 e. The summed E-state index contributed by atoms with van der Waals surface area (Å²) in [6, 6.07) is 3.10. The molecule has 0 heterocycles. The zero-order valence-corrected chi connectivity index (χ0v) is 11.9. The highest BCUT2D eigenvalue weighted by Gasteiger charge is 2.20. The van der Waals surface area contributed by atoms with Gasteiger partial charge in [-0.2, -0.15) is 0 Å². The minimum absolute atomic E-state index is 0.0124. The van der Waals surface area contributed by atoms with Crippen molar-refractivity contribution in [2.75, 3.05) is 12.3 Å². The molecule has 0 spiro atoms. The standard InChI is InChI=1S/C12H18N2O5S/c1-8(3-2-6-15)14-20(18,19)11-5-4-9(12(16)17)7-10(11)13/h4-5,7-8,14-15H,2-3,6,13H2,1H3,(H,16,17). The van der Waals surface area contributed by atoms with E-state index in [0.29, 0.717) is 12.8 Å². The number of sulfonamides is 1. The number of carboxylic acids is 1. The lowest BCUT2D eigenvalue weighted by atomic mass is 10.2. The van der Waals surface area contributed by atoms with Gasteiger partial charge in [-0.3, -0.25) is 0 Å². The molecule has 0 aromatic heterocycles. The highest BCUT2D eigenvalue weighted by molar-refractivity contribution is 7.89. The van der Waals surface area contributed by atoms with Crippen molar-refractivity contribution in [3.63, 3.8) is 0 Å². The SMILES string of the molecule is CC(CCCO)NS(=O)(=O)c1ccc(C(=O)O)cc1N. The Kier molecular flexibility index (Phi) is 5.49. The molecule has 0 saturated heterocycles. The van der Waals surface area contributed by atoms with Crippen molar-refractivity contribution >= 4 is 21.7 Å². The lowest BCUT2D eigenvalue weighted by Gasteiger charge is -2.15. The lowest BCUT2D eigenvalue weighted by Crippen LogP contribution is -2.33. The Morgan fingerprint density at radius 1 is 1.45 bits per heavy atom. The second-order valence-corrected chi connectivity index (χ2v) is 6.13. The van der Waals surface area contributed by atoms with Crippen LogP contribution in [0, 0.1) is 0 Å². The van der Waals surface area contributed by atoms with Crippen LogP contribution < -0.4 is 10.5 Å². The number of hydrogen-bond acceptors (Lipinski definition) is 5. The van der Waals surface area contributed by atoms with Gasteiger partial charge in [0.05, 0.1) is 11.3 Å². The zero-order valence-electron chi connectivity index (χ0n) is 11.0. The summed E-state index contributed by atoms with van der Waals surface area (Å²) >= 11 is 0. The van der Waals surface area contributed by atoms with E-state index in [0.717, 1.165) is 6.07 Å². The van der Waals surface area contributed by atoms with Crippen LogP contribution in [0.2, 0.25) is 0 Å². The molecule has 1 unspecified atom stereocenters. The van der Waals surface area contributed by atoms with Crippen LogP contribution in [0.4, 0.5) is 5.69 Å². The van der Waals surface area contributed by atoms with Gasteiger partial charge in [0.2, 0.25) is 10.0 Å². The van der Waals surface area contributed by atoms with Gasteiger partial charge in [0.25, 0.3) is 0 Å². The average molecular weight is 302 g/mol. The Balaban J connectivity index is 2.95. The van der Waals surface area contributed by atoms with Gasteiger partial charge in [-0.05, 0) is 38.0 Å². The number of anilines is 1. The van der Waals surface area contributed by atoms with Crippen LogP contribution in [0.1, 0.15) is 30.1 Å². The maximum absolute atomic E-state index is 12.1. The first-order chi connectivity index (χ1) is 9.27. The minimum Gasteiger partial charge on any atom is -0.478 e. The third-order valence-electron chi connectivity index (χ3n) is 2.70. The third kappa shape index (κ3) is 4.19. The van der Waals surface area contributed by atoms with Crippen LogP contribution in [0.5, 0.6) is 0 Å². The molecule has 8 heteroatoms. The highest BCUT2D eigenvalue weighted by Crippen LogP contribution is 2.20. The molecule has 1 rings (SSSR count). The van der Waals surface area contributed by atoms with Crippen molar-refractivity contribution in [3.05, 3.63) is 23.8 Å².